The van der Waals surface area contributed by atoms with Crippen molar-refractivity contribution in [3.63, 3.8) is 0 Å². The number of nitrogens with zero attached hydrogens (tertiary/aromatic N) is 1. The van der Waals surface area contributed by atoms with Crippen molar-refractivity contribution in [3.05, 3.63) is 0 Å². The second kappa shape index (κ2) is 6.22. The second-order valence-electron chi connectivity index (χ2n) is 6.64. The number of carboxylic acid groups (broad SMARTS) is 1. The standard InChI is InChI=1S/C15H24N2O4/c18-14(19)7-11-5-12-1-2-13(6-11)17(12)15(20)16-8-10-3-4-21-9-10/h10-13H,1-9H2,(H,16,20)(H,18,19). The Morgan fingerprint density at radius 1 is 1.14 bits per heavy atom. The molecule has 118 valence electrons. The summed E-state index contributed by atoms with van der Waals surface area (Å²) in [6.07, 6.45) is 4.96. The van der Waals surface area contributed by atoms with Gasteiger partial charge in [0.15, 0.2) is 0 Å². The van der Waals surface area contributed by atoms with Crippen LogP contribution in [0.15, 0.2) is 0 Å². The first-order valence-corrected chi connectivity index (χ1v) is 7.99. The van der Waals surface area contributed by atoms with Gasteiger partial charge in [0.25, 0.3) is 0 Å². The zero-order chi connectivity index (χ0) is 14.8. The van der Waals surface area contributed by atoms with Gasteiger partial charge in [-0.25, -0.2) is 4.79 Å². The van der Waals surface area contributed by atoms with Crippen molar-refractivity contribution in [2.45, 2.75) is 50.6 Å². The van der Waals surface area contributed by atoms with Gasteiger partial charge < -0.3 is 20.1 Å². The molecule has 6 heteroatoms. The van der Waals surface area contributed by atoms with Crippen LogP contribution in [-0.4, -0.2) is 53.8 Å². The van der Waals surface area contributed by atoms with Gasteiger partial charge in [-0.3, -0.25) is 4.79 Å². The summed E-state index contributed by atoms with van der Waals surface area (Å²) in [5, 5.41) is 12.0. The van der Waals surface area contributed by atoms with Crippen LogP contribution in [0.3, 0.4) is 0 Å². The zero-order valence-electron chi connectivity index (χ0n) is 12.3. The number of carboxylic acids is 1. The van der Waals surface area contributed by atoms with E-state index in [2.05, 4.69) is 5.32 Å². The number of fused-ring (bicyclic) bond motifs is 2. The topological polar surface area (TPSA) is 78.9 Å². The van der Waals surface area contributed by atoms with E-state index < -0.39 is 5.97 Å². The number of hydrogen-bond acceptors (Lipinski definition) is 3. The summed E-state index contributed by atoms with van der Waals surface area (Å²) in [5.74, 6) is -0.0537. The first-order chi connectivity index (χ1) is 10.1. The number of aliphatic carboxylic acids is 1. The highest BCUT2D eigenvalue weighted by atomic mass is 16.5. The highest BCUT2D eigenvalue weighted by molar-refractivity contribution is 5.75. The van der Waals surface area contributed by atoms with Gasteiger partial charge in [0.1, 0.15) is 0 Å². The Morgan fingerprint density at radius 3 is 2.43 bits per heavy atom. The minimum Gasteiger partial charge on any atom is -0.481 e. The van der Waals surface area contributed by atoms with Crippen LogP contribution in [0, 0.1) is 11.8 Å². The number of carbonyl (C=O) groups excluding carboxylic acids is 1. The maximum absolute atomic E-state index is 12.4. The lowest BCUT2D eigenvalue weighted by Crippen LogP contribution is -2.51. The van der Waals surface area contributed by atoms with Crippen molar-refractivity contribution in [2.24, 2.45) is 11.8 Å². The molecule has 0 radical (unpaired) electrons. The van der Waals surface area contributed by atoms with E-state index in [9.17, 15) is 9.59 Å². The molecular formula is C15H24N2O4. The number of hydrogen-bond donors (Lipinski definition) is 2. The fourth-order valence-corrected chi connectivity index (χ4v) is 4.10. The van der Waals surface area contributed by atoms with E-state index in [4.69, 9.17) is 9.84 Å². The Kier molecular flexibility index (Phi) is 4.33. The number of ether oxygens (including phenoxy) is 1. The van der Waals surface area contributed by atoms with Gasteiger partial charge in [-0.05, 0) is 38.0 Å². The molecule has 21 heavy (non-hydrogen) atoms. The molecule has 2 N–H and O–H groups in total. The monoisotopic (exact) mass is 296 g/mol. The molecule has 0 spiro atoms. The fourth-order valence-electron chi connectivity index (χ4n) is 4.10. The summed E-state index contributed by atoms with van der Waals surface area (Å²) < 4.78 is 5.32. The van der Waals surface area contributed by atoms with Gasteiger partial charge in [-0.2, -0.15) is 0 Å². The van der Waals surface area contributed by atoms with E-state index in [1.807, 2.05) is 4.90 Å². The third-order valence-electron chi connectivity index (χ3n) is 5.09. The van der Waals surface area contributed by atoms with E-state index in [-0.39, 0.29) is 30.5 Å². The lowest BCUT2D eigenvalue weighted by molar-refractivity contribution is -0.138. The average Bonchev–Trinajstić information content (AvgIpc) is 3.02. The molecule has 6 nitrogen and oxygen atoms in total. The maximum atomic E-state index is 12.4. The van der Waals surface area contributed by atoms with Crippen molar-refractivity contribution in [2.75, 3.05) is 19.8 Å². The maximum Gasteiger partial charge on any atom is 0.317 e. The molecule has 3 rings (SSSR count). The third-order valence-corrected chi connectivity index (χ3v) is 5.09. The Labute approximate surface area is 124 Å². The molecule has 3 atom stereocenters. The van der Waals surface area contributed by atoms with Crippen LogP contribution in [0.4, 0.5) is 4.79 Å². The largest absolute Gasteiger partial charge is 0.481 e. The van der Waals surface area contributed by atoms with E-state index >= 15 is 0 Å². The SMILES string of the molecule is O=C(O)CC1CC2CCC(C1)N2C(=O)NCC1CCOC1. The number of nitrogens with one attached hydrogen (secondary N) is 1. The molecule has 3 fully saturated rings. The van der Waals surface area contributed by atoms with Crippen LogP contribution in [0.5, 0.6) is 0 Å². The van der Waals surface area contributed by atoms with Gasteiger partial charge >= 0.3 is 12.0 Å². The predicted octanol–water partition coefficient (Wildman–Crippen LogP) is 1.45. The van der Waals surface area contributed by atoms with Crippen molar-refractivity contribution in [1.82, 2.24) is 10.2 Å². The predicted molar refractivity (Wildman–Crippen MR) is 76.0 cm³/mol. The van der Waals surface area contributed by atoms with Crippen molar-refractivity contribution in [3.8, 4) is 0 Å². The summed E-state index contributed by atoms with van der Waals surface area (Å²) >= 11 is 0. The lowest BCUT2D eigenvalue weighted by atomic mass is 9.88. The minimum atomic E-state index is -0.724. The van der Waals surface area contributed by atoms with Gasteiger partial charge in [-0.1, -0.05) is 0 Å². The van der Waals surface area contributed by atoms with Crippen molar-refractivity contribution < 1.29 is 19.4 Å². The fraction of sp³-hybridized carbons (Fsp3) is 0.867. The number of piperidine rings is 1. The molecule has 2 amide bonds. The van der Waals surface area contributed by atoms with E-state index in [1.165, 1.54) is 0 Å². The van der Waals surface area contributed by atoms with E-state index in [1.54, 1.807) is 0 Å². The number of urea groups is 1. The minimum absolute atomic E-state index is 0.0307. The highest BCUT2D eigenvalue weighted by Crippen LogP contribution is 2.39. The summed E-state index contributed by atoms with van der Waals surface area (Å²) in [7, 11) is 0. The molecule has 3 saturated heterocycles. The van der Waals surface area contributed by atoms with Crippen LogP contribution < -0.4 is 5.32 Å². The molecular weight excluding hydrogens is 272 g/mol. The molecule has 0 aromatic rings. The molecule has 0 aromatic heterocycles. The quantitative estimate of drug-likeness (QED) is 0.823. The first kappa shape index (κ1) is 14.6. The third kappa shape index (κ3) is 3.31. The molecule has 3 aliphatic rings. The Bertz CT molecular complexity index is 394. The number of rotatable bonds is 4. The molecule has 0 aromatic carbocycles. The second-order valence-corrected chi connectivity index (χ2v) is 6.64. The van der Waals surface area contributed by atoms with Crippen molar-refractivity contribution in [1.29, 1.82) is 0 Å². The summed E-state index contributed by atoms with van der Waals surface area (Å²) in [5.41, 5.74) is 0. The Morgan fingerprint density at radius 2 is 1.86 bits per heavy atom. The van der Waals surface area contributed by atoms with Crippen LogP contribution in [0.1, 0.15) is 38.5 Å². The Hall–Kier alpha value is -1.30. The number of amides is 2. The highest BCUT2D eigenvalue weighted by Gasteiger charge is 2.43. The van der Waals surface area contributed by atoms with Gasteiger partial charge in [0.2, 0.25) is 0 Å². The van der Waals surface area contributed by atoms with E-state index in [0.717, 1.165) is 45.3 Å². The summed E-state index contributed by atoms with van der Waals surface area (Å²) in [6.45, 7) is 2.23. The Balaban J connectivity index is 1.52. The first-order valence-electron chi connectivity index (χ1n) is 7.99. The van der Waals surface area contributed by atoms with Crippen LogP contribution in [0.2, 0.25) is 0 Å². The van der Waals surface area contributed by atoms with Crippen LogP contribution in [-0.2, 0) is 9.53 Å². The summed E-state index contributed by atoms with van der Waals surface area (Å²) in [6, 6.07) is 0.490. The molecule has 2 bridgehead atoms. The van der Waals surface area contributed by atoms with Gasteiger partial charge in [0, 0.05) is 37.6 Å². The average molecular weight is 296 g/mol. The van der Waals surface area contributed by atoms with Crippen molar-refractivity contribution >= 4 is 12.0 Å². The lowest BCUT2D eigenvalue weighted by Gasteiger charge is -2.38. The normalized spacial score (nSPS) is 35.0. The van der Waals surface area contributed by atoms with Gasteiger partial charge in [0.05, 0.1) is 6.61 Å². The molecule has 3 aliphatic heterocycles. The molecule has 0 aliphatic carbocycles. The smallest absolute Gasteiger partial charge is 0.317 e. The number of carbonyl (C=O) groups is 2. The van der Waals surface area contributed by atoms with Crippen LogP contribution >= 0.6 is 0 Å². The molecule has 0 saturated carbocycles. The van der Waals surface area contributed by atoms with Crippen LogP contribution in [0.25, 0.3) is 0 Å². The zero-order valence-corrected chi connectivity index (χ0v) is 12.3. The molecule has 3 heterocycles. The van der Waals surface area contributed by atoms with Gasteiger partial charge in [-0.15, -0.1) is 0 Å². The van der Waals surface area contributed by atoms with E-state index in [0.29, 0.717) is 12.5 Å². The molecule has 3 unspecified atom stereocenters. The summed E-state index contributed by atoms with van der Waals surface area (Å²) in [4.78, 5) is 25.2.